The second kappa shape index (κ2) is 9.19. The van der Waals surface area contributed by atoms with Crippen molar-refractivity contribution in [2.24, 2.45) is 0 Å². The van der Waals surface area contributed by atoms with Crippen LogP contribution in [-0.4, -0.2) is 24.0 Å². The zero-order chi connectivity index (χ0) is 20.8. The van der Waals surface area contributed by atoms with Crippen LogP contribution in [0.15, 0.2) is 60.9 Å². The molecule has 0 fully saturated rings. The van der Waals surface area contributed by atoms with Crippen molar-refractivity contribution in [3.63, 3.8) is 0 Å². The summed E-state index contributed by atoms with van der Waals surface area (Å²) in [5.41, 5.74) is 4.91. The summed E-state index contributed by atoms with van der Waals surface area (Å²) in [7, 11) is 0. The number of carbonyl (C=O) groups is 1. The number of nitrogens with one attached hydrogen (secondary N) is 2. The van der Waals surface area contributed by atoms with Crippen LogP contribution in [-0.2, 0) is 0 Å². The van der Waals surface area contributed by atoms with Crippen molar-refractivity contribution in [3.8, 4) is 0 Å². The van der Waals surface area contributed by atoms with E-state index in [4.69, 9.17) is 0 Å². The molecule has 0 spiro atoms. The summed E-state index contributed by atoms with van der Waals surface area (Å²) in [6.07, 6.45) is 3.17. The van der Waals surface area contributed by atoms with Crippen molar-refractivity contribution < 1.29 is 9.18 Å². The summed E-state index contributed by atoms with van der Waals surface area (Å²) in [6, 6.07) is 13.6. The molecule has 0 radical (unpaired) electrons. The van der Waals surface area contributed by atoms with Gasteiger partial charge in [0.25, 0.3) is 5.91 Å². The van der Waals surface area contributed by atoms with E-state index in [0.29, 0.717) is 11.3 Å². The number of halogens is 1. The summed E-state index contributed by atoms with van der Waals surface area (Å²) >= 11 is 0. The first kappa shape index (κ1) is 20.3. The van der Waals surface area contributed by atoms with Gasteiger partial charge in [-0.25, -0.2) is 4.39 Å². The lowest BCUT2D eigenvalue weighted by atomic mass is 10.1. The Bertz CT molecular complexity index is 984. The lowest BCUT2D eigenvalue weighted by Crippen LogP contribution is -2.21. The van der Waals surface area contributed by atoms with Crippen LogP contribution in [0.5, 0.6) is 0 Å². The van der Waals surface area contributed by atoms with Gasteiger partial charge in [0, 0.05) is 36.3 Å². The molecule has 0 saturated carbocycles. The predicted molar refractivity (Wildman–Crippen MR) is 117 cm³/mol. The van der Waals surface area contributed by atoms with Crippen LogP contribution in [0.3, 0.4) is 0 Å². The molecule has 29 heavy (non-hydrogen) atoms. The van der Waals surface area contributed by atoms with Gasteiger partial charge in [0.15, 0.2) is 0 Å². The molecule has 2 aromatic carbocycles. The van der Waals surface area contributed by atoms with Crippen molar-refractivity contribution in [2.45, 2.75) is 20.8 Å². The van der Waals surface area contributed by atoms with Gasteiger partial charge in [-0.05, 0) is 74.9 Å². The van der Waals surface area contributed by atoms with Crippen molar-refractivity contribution in [2.75, 3.05) is 28.6 Å². The molecule has 0 aliphatic carbocycles. The van der Waals surface area contributed by atoms with E-state index in [1.54, 1.807) is 12.3 Å². The molecular weight excluding hydrogens is 367 g/mol. The van der Waals surface area contributed by atoms with E-state index in [2.05, 4.69) is 46.5 Å². The molecule has 0 aliphatic heterocycles. The zero-order valence-corrected chi connectivity index (χ0v) is 16.9. The highest BCUT2D eigenvalue weighted by Gasteiger charge is 2.10. The minimum absolute atomic E-state index is 0.304. The van der Waals surface area contributed by atoms with E-state index in [-0.39, 0.29) is 11.7 Å². The lowest BCUT2D eigenvalue weighted by Gasteiger charge is -2.22. The molecule has 0 bridgehead atoms. The molecule has 5 nitrogen and oxygen atoms in total. The van der Waals surface area contributed by atoms with E-state index < -0.39 is 0 Å². The van der Waals surface area contributed by atoms with Gasteiger partial charge < -0.3 is 15.5 Å². The van der Waals surface area contributed by atoms with Crippen LogP contribution in [0.1, 0.15) is 29.8 Å². The molecule has 0 unspecified atom stereocenters. The normalized spacial score (nSPS) is 10.5. The lowest BCUT2D eigenvalue weighted by molar-refractivity contribution is 0.102. The summed E-state index contributed by atoms with van der Waals surface area (Å²) in [6.45, 7) is 8.24. The van der Waals surface area contributed by atoms with Crippen LogP contribution in [0, 0.1) is 12.7 Å². The van der Waals surface area contributed by atoms with E-state index in [1.165, 1.54) is 36.1 Å². The Morgan fingerprint density at radius 2 is 1.72 bits per heavy atom. The van der Waals surface area contributed by atoms with Gasteiger partial charge >= 0.3 is 0 Å². The number of pyridine rings is 1. The van der Waals surface area contributed by atoms with Gasteiger partial charge in [-0.3, -0.25) is 9.78 Å². The van der Waals surface area contributed by atoms with Gasteiger partial charge in [0.2, 0.25) is 0 Å². The molecule has 3 aromatic rings. The number of aromatic nitrogens is 1. The fourth-order valence-corrected chi connectivity index (χ4v) is 3.10. The zero-order valence-electron chi connectivity index (χ0n) is 16.9. The number of hydrogen-bond acceptors (Lipinski definition) is 4. The first-order valence-corrected chi connectivity index (χ1v) is 9.64. The number of carbonyl (C=O) groups excluding carboxylic acids is 1. The molecule has 1 aromatic heterocycles. The largest absolute Gasteiger partial charge is 0.372 e. The van der Waals surface area contributed by atoms with Gasteiger partial charge in [-0.15, -0.1) is 0 Å². The minimum Gasteiger partial charge on any atom is -0.372 e. The van der Waals surface area contributed by atoms with Crippen molar-refractivity contribution in [1.29, 1.82) is 0 Å². The van der Waals surface area contributed by atoms with E-state index in [0.717, 1.165) is 30.0 Å². The number of amides is 1. The summed E-state index contributed by atoms with van der Waals surface area (Å²) < 4.78 is 13.0. The Labute approximate surface area is 170 Å². The predicted octanol–water partition coefficient (Wildman–Crippen LogP) is 5.37. The monoisotopic (exact) mass is 392 g/mol. The van der Waals surface area contributed by atoms with E-state index in [9.17, 15) is 9.18 Å². The van der Waals surface area contributed by atoms with Crippen LogP contribution < -0.4 is 15.5 Å². The molecule has 0 atom stereocenters. The fraction of sp³-hybridized carbons (Fsp3) is 0.217. The summed E-state index contributed by atoms with van der Waals surface area (Å²) in [5.74, 6) is -0.653. The summed E-state index contributed by atoms with van der Waals surface area (Å²) in [5, 5.41) is 6.07. The topological polar surface area (TPSA) is 57.3 Å². The molecular formula is C23H25FN4O. The number of hydrogen-bond donors (Lipinski definition) is 2. The Morgan fingerprint density at radius 1 is 1.00 bits per heavy atom. The van der Waals surface area contributed by atoms with Gasteiger partial charge in [-0.1, -0.05) is 0 Å². The molecule has 1 amide bonds. The third-order valence-electron chi connectivity index (χ3n) is 4.72. The second-order valence-electron chi connectivity index (χ2n) is 6.72. The molecule has 3 rings (SSSR count). The first-order valence-electron chi connectivity index (χ1n) is 9.64. The maximum absolute atomic E-state index is 13.0. The van der Waals surface area contributed by atoms with Crippen LogP contribution in [0.2, 0.25) is 0 Å². The molecule has 150 valence electrons. The SMILES string of the molecule is CCN(CC)c1ccc(Nc2cncc(C(=O)Nc3ccc(F)cc3)c2)c(C)c1. The molecule has 0 saturated heterocycles. The number of nitrogens with zero attached hydrogens (tertiary/aromatic N) is 2. The average molecular weight is 392 g/mol. The number of anilines is 4. The average Bonchev–Trinajstić information content (AvgIpc) is 2.73. The molecule has 0 aliphatic rings. The maximum Gasteiger partial charge on any atom is 0.257 e. The third-order valence-corrected chi connectivity index (χ3v) is 4.72. The quantitative estimate of drug-likeness (QED) is 0.567. The minimum atomic E-state index is -0.349. The Kier molecular flexibility index (Phi) is 6.44. The van der Waals surface area contributed by atoms with Crippen molar-refractivity contribution in [1.82, 2.24) is 4.98 Å². The molecule has 2 N–H and O–H groups in total. The van der Waals surface area contributed by atoms with Crippen LogP contribution >= 0.6 is 0 Å². The van der Waals surface area contributed by atoms with Crippen molar-refractivity contribution >= 4 is 28.7 Å². The van der Waals surface area contributed by atoms with Crippen molar-refractivity contribution in [3.05, 3.63) is 77.9 Å². The highest BCUT2D eigenvalue weighted by atomic mass is 19.1. The number of benzene rings is 2. The molecule has 6 heteroatoms. The van der Waals surface area contributed by atoms with E-state index >= 15 is 0 Å². The van der Waals surface area contributed by atoms with E-state index in [1.807, 2.05) is 13.0 Å². The maximum atomic E-state index is 13.0. The van der Waals surface area contributed by atoms with Gasteiger partial charge in [0.05, 0.1) is 17.4 Å². The third kappa shape index (κ3) is 5.10. The van der Waals surface area contributed by atoms with Crippen LogP contribution in [0.4, 0.5) is 27.1 Å². The first-order chi connectivity index (χ1) is 14.0. The highest BCUT2D eigenvalue weighted by Crippen LogP contribution is 2.26. The number of rotatable bonds is 7. The highest BCUT2D eigenvalue weighted by molar-refractivity contribution is 6.04. The fourth-order valence-electron chi connectivity index (χ4n) is 3.10. The Hall–Kier alpha value is -3.41. The van der Waals surface area contributed by atoms with Crippen LogP contribution in [0.25, 0.3) is 0 Å². The van der Waals surface area contributed by atoms with Gasteiger partial charge in [-0.2, -0.15) is 0 Å². The number of aryl methyl sites for hydroxylation is 1. The Balaban J connectivity index is 1.74. The second-order valence-corrected chi connectivity index (χ2v) is 6.72. The molecule has 1 heterocycles. The van der Waals surface area contributed by atoms with Gasteiger partial charge in [0.1, 0.15) is 5.82 Å². The summed E-state index contributed by atoms with van der Waals surface area (Å²) in [4.78, 5) is 18.9. The smallest absolute Gasteiger partial charge is 0.257 e. The Morgan fingerprint density at radius 3 is 2.38 bits per heavy atom. The standard InChI is InChI=1S/C23H25FN4O/c1-4-28(5-2)21-10-11-22(16(3)12-21)26-20-13-17(14-25-15-20)23(29)27-19-8-6-18(24)7-9-19/h6-15,26H,4-5H2,1-3H3,(H,27,29).